The van der Waals surface area contributed by atoms with Gasteiger partial charge >= 0.3 is 0 Å². The van der Waals surface area contributed by atoms with Crippen LogP contribution in [0.4, 0.5) is 0 Å². The average molecular weight is 99.1 g/mol. The molecule has 0 aromatic heterocycles. The maximum absolute atomic E-state index is 9.54. The molecule has 0 spiro atoms. The number of aldehydes is 1. The molecule has 0 aliphatic heterocycles. The number of nitrogens with zero attached hydrogens (tertiary/aromatic N) is 1. The number of carbonyl (C=O) groups excluding carboxylic acids is 1. The zero-order valence-corrected chi connectivity index (χ0v) is 3.59. The third-order valence-corrected chi connectivity index (χ3v) is 0.334. The fourth-order valence-electron chi connectivity index (χ4n) is 0.105. The van der Waals surface area contributed by atoms with Crippen LogP contribution in [0.1, 0.15) is 0 Å². The van der Waals surface area contributed by atoms with Crippen molar-refractivity contribution in [1.82, 2.24) is 0 Å². The van der Waals surface area contributed by atoms with Crippen LogP contribution in [0.15, 0.2) is 4.99 Å². The van der Waals surface area contributed by atoms with E-state index in [2.05, 4.69) is 4.99 Å². The van der Waals surface area contributed by atoms with Crippen LogP contribution in [-0.4, -0.2) is 18.5 Å². The van der Waals surface area contributed by atoms with Gasteiger partial charge in [0.2, 0.25) is 0 Å². The van der Waals surface area contributed by atoms with E-state index in [1.165, 1.54) is 0 Å². The summed E-state index contributed by atoms with van der Waals surface area (Å²) in [5.74, 6) is -0.171. The highest BCUT2D eigenvalue weighted by Crippen LogP contribution is 1.53. The standard InChI is InChI=1S/C3H5N3O/c4-2-6-3(5)1-7/h1-2H,(H3,4,5,6). The summed E-state index contributed by atoms with van der Waals surface area (Å²) < 4.78 is 0. The van der Waals surface area contributed by atoms with Crippen LogP contribution in [0.25, 0.3) is 0 Å². The molecular weight excluding hydrogens is 94.1 g/mol. The number of rotatable bonds is 2. The van der Waals surface area contributed by atoms with Gasteiger partial charge < -0.3 is 5.73 Å². The van der Waals surface area contributed by atoms with E-state index in [9.17, 15) is 4.79 Å². The Bertz CT molecular complexity index is 107. The van der Waals surface area contributed by atoms with Crippen LogP contribution in [0.5, 0.6) is 0 Å². The maximum Gasteiger partial charge on any atom is 0.184 e. The van der Waals surface area contributed by atoms with Crippen molar-refractivity contribution in [2.75, 3.05) is 0 Å². The third kappa shape index (κ3) is 2.62. The minimum absolute atomic E-state index is 0.171. The van der Waals surface area contributed by atoms with Crippen molar-refractivity contribution >= 4 is 18.5 Å². The smallest absolute Gasteiger partial charge is 0.184 e. The second-order valence-electron chi connectivity index (χ2n) is 0.801. The van der Waals surface area contributed by atoms with E-state index in [0.717, 1.165) is 0 Å². The Morgan fingerprint density at radius 2 is 2.43 bits per heavy atom. The third-order valence-electron chi connectivity index (χ3n) is 0.334. The molecule has 0 aliphatic carbocycles. The van der Waals surface area contributed by atoms with Gasteiger partial charge in [-0.05, 0) is 0 Å². The monoisotopic (exact) mass is 99.0 g/mol. The number of hydrogen-bond acceptors (Lipinski definition) is 2. The van der Waals surface area contributed by atoms with E-state index >= 15 is 0 Å². The van der Waals surface area contributed by atoms with E-state index in [0.29, 0.717) is 12.6 Å². The Hall–Kier alpha value is -1.19. The summed E-state index contributed by atoms with van der Waals surface area (Å²) in [6.07, 6.45) is 1.09. The summed E-state index contributed by atoms with van der Waals surface area (Å²) >= 11 is 0. The lowest BCUT2D eigenvalue weighted by atomic mass is 10.7. The molecule has 0 amide bonds. The minimum Gasteiger partial charge on any atom is -0.381 e. The van der Waals surface area contributed by atoms with E-state index in [4.69, 9.17) is 11.1 Å². The molecule has 0 aromatic rings. The first-order chi connectivity index (χ1) is 3.31. The van der Waals surface area contributed by atoms with Gasteiger partial charge in [0.1, 0.15) is 6.34 Å². The number of nitrogens with two attached hydrogens (primary N) is 1. The molecule has 4 nitrogen and oxygen atoms in total. The Morgan fingerprint density at radius 1 is 1.86 bits per heavy atom. The van der Waals surface area contributed by atoms with Gasteiger partial charge in [-0.15, -0.1) is 0 Å². The van der Waals surface area contributed by atoms with E-state index in [-0.39, 0.29) is 5.84 Å². The van der Waals surface area contributed by atoms with Gasteiger partial charge in [0.05, 0.1) is 0 Å². The van der Waals surface area contributed by atoms with Gasteiger partial charge in [-0.2, -0.15) is 0 Å². The van der Waals surface area contributed by atoms with Gasteiger partial charge in [0.15, 0.2) is 12.1 Å². The summed E-state index contributed by atoms with van der Waals surface area (Å²) in [7, 11) is 0. The van der Waals surface area contributed by atoms with E-state index in [1.807, 2.05) is 0 Å². The second-order valence-corrected chi connectivity index (χ2v) is 0.801. The number of hydrogen-bond donors (Lipinski definition) is 2. The number of carbonyl (C=O) groups is 1. The van der Waals surface area contributed by atoms with Gasteiger partial charge in [-0.25, -0.2) is 4.99 Å². The molecule has 0 atom stereocenters. The summed E-state index contributed by atoms with van der Waals surface area (Å²) in [4.78, 5) is 12.6. The molecule has 0 rings (SSSR count). The molecule has 3 N–H and O–H groups in total. The average Bonchev–Trinajstić information content (AvgIpc) is 1.68. The number of aliphatic imine (C=N–C) groups is 1. The molecule has 38 valence electrons. The van der Waals surface area contributed by atoms with Crippen molar-refractivity contribution in [3.63, 3.8) is 0 Å². The van der Waals surface area contributed by atoms with Crippen molar-refractivity contribution in [2.45, 2.75) is 0 Å². The van der Waals surface area contributed by atoms with Gasteiger partial charge in [0, 0.05) is 0 Å². The fourth-order valence-corrected chi connectivity index (χ4v) is 0.105. The molecule has 0 saturated heterocycles. The number of amidine groups is 1. The Morgan fingerprint density at radius 3 is 2.57 bits per heavy atom. The molecule has 4 heteroatoms. The zero-order valence-electron chi connectivity index (χ0n) is 3.59. The molecule has 0 aromatic carbocycles. The van der Waals surface area contributed by atoms with Crippen molar-refractivity contribution in [3.8, 4) is 0 Å². The minimum atomic E-state index is -0.171. The largest absolute Gasteiger partial charge is 0.381 e. The topological polar surface area (TPSA) is 79.3 Å². The lowest BCUT2D eigenvalue weighted by Crippen LogP contribution is -2.12. The highest BCUT2D eigenvalue weighted by molar-refractivity contribution is 6.27. The van der Waals surface area contributed by atoms with Crippen molar-refractivity contribution in [1.29, 1.82) is 5.41 Å². The van der Waals surface area contributed by atoms with Crippen molar-refractivity contribution in [3.05, 3.63) is 0 Å². The van der Waals surface area contributed by atoms with Crippen LogP contribution in [0, 0.1) is 5.41 Å². The summed E-state index contributed by atoms with van der Waals surface area (Å²) in [5.41, 5.74) is 4.81. The summed E-state index contributed by atoms with van der Waals surface area (Å²) in [5, 5.41) is 6.28. The first kappa shape index (κ1) is 5.81. The van der Waals surface area contributed by atoms with Gasteiger partial charge in [0.25, 0.3) is 0 Å². The Balaban J connectivity index is 3.72. The molecule has 0 heterocycles. The quantitative estimate of drug-likeness (QED) is 0.268. The SMILES string of the molecule is N=CN=C(N)C=O. The summed E-state index contributed by atoms with van der Waals surface area (Å²) in [6.45, 7) is 0. The van der Waals surface area contributed by atoms with E-state index < -0.39 is 0 Å². The van der Waals surface area contributed by atoms with Crippen LogP contribution >= 0.6 is 0 Å². The number of nitrogens with one attached hydrogen (secondary N) is 1. The first-order valence-corrected chi connectivity index (χ1v) is 1.58. The molecule has 7 heavy (non-hydrogen) atoms. The van der Waals surface area contributed by atoms with Crippen LogP contribution in [0.2, 0.25) is 0 Å². The second kappa shape index (κ2) is 3.02. The van der Waals surface area contributed by atoms with Gasteiger partial charge in [-0.3, -0.25) is 10.2 Å². The van der Waals surface area contributed by atoms with Crippen LogP contribution < -0.4 is 5.73 Å². The highest BCUT2D eigenvalue weighted by Gasteiger charge is 1.77. The molecule has 0 saturated carbocycles. The Labute approximate surface area is 40.6 Å². The lowest BCUT2D eigenvalue weighted by molar-refractivity contribution is -0.102. The van der Waals surface area contributed by atoms with Crippen LogP contribution in [-0.2, 0) is 4.79 Å². The predicted molar refractivity (Wildman–Crippen MR) is 26.5 cm³/mol. The Kier molecular flexibility index (Phi) is 2.50. The molecule has 0 bridgehead atoms. The molecular formula is C3H5N3O. The highest BCUT2D eigenvalue weighted by atomic mass is 16.1. The van der Waals surface area contributed by atoms with Crippen molar-refractivity contribution < 1.29 is 4.79 Å². The molecule has 0 unspecified atom stereocenters. The molecule has 0 fully saturated rings. The van der Waals surface area contributed by atoms with Crippen LogP contribution in [0.3, 0.4) is 0 Å². The fraction of sp³-hybridized carbons (Fsp3) is 0. The maximum atomic E-state index is 9.54. The zero-order chi connectivity index (χ0) is 5.70. The molecule has 0 radical (unpaired) electrons. The lowest BCUT2D eigenvalue weighted by Gasteiger charge is -1.75. The molecule has 0 aliphatic rings. The summed E-state index contributed by atoms with van der Waals surface area (Å²) in [6, 6.07) is 0. The van der Waals surface area contributed by atoms with E-state index in [1.54, 1.807) is 0 Å². The first-order valence-electron chi connectivity index (χ1n) is 1.58. The van der Waals surface area contributed by atoms with Gasteiger partial charge in [-0.1, -0.05) is 0 Å². The normalized spacial score (nSPS) is 10.6. The predicted octanol–water partition coefficient (Wildman–Crippen LogP) is -0.850. The van der Waals surface area contributed by atoms with Crippen molar-refractivity contribution in [2.24, 2.45) is 10.7 Å².